The van der Waals surface area contributed by atoms with Gasteiger partial charge >= 0.3 is 5.97 Å². The van der Waals surface area contributed by atoms with Crippen LogP contribution in [0.2, 0.25) is 0 Å². The summed E-state index contributed by atoms with van der Waals surface area (Å²) in [5.74, 6) is -1.52. The molecule has 1 fully saturated rings. The number of amides is 1. The fourth-order valence-corrected chi connectivity index (χ4v) is 5.16. The summed E-state index contributed by atoms with van der Waals surface area (Å²) in [5.41, 5.74) is 1.96. The Labute approximate surface area is 153 Å². The molecular weight excluding hydrogens is 358 g/mol. The first-order chi connectivity index (χ1) is 12.2. The minimum Gasteiger partial charge on any atom is -0.480 e. The number of rotatable bonds is 3. The number of benzene rings is 1. The molecule has 0 saturated carbocycles. The first-order valence-corrected chi connectivity index (χ1v) is 10.00. The van der Waals surface area contributed by atoms with E-state index in [9.17, 15) is 23.1 Å². The van der Waals surface area contributed by atoms with Crippen molar-refractivity contribution in [2.75, 3.05) is 38.1 Å². The summed E-state index contributed by atoms with van der Waals surface area (Å²) < 4.78 is 27.2. The Bertz CT molecular complexity index is 839. The molecule has 1 aromatic rings. The molecule has 1 amide bonds. The molecule has 8 nitrogen and oxygen atoms in total. The largest absolute Gasteiger partial charge is 0.480 e. The number of carboxylic acids is 1. The highest BCUT2D eigenvalue weighted by molar-refractivity contribution is 7.89. The zero-order valence-electron chi connectivity index (χ0n) is 14.9. The second kappa shape index (κ2) is 6.88. The summed E-state index contributed by atoms with van der Waals surface area (Å²) >= 11 is 0. The van der Waals surface area contributed by atoms with Crippen molar-refractivity contribution in [3.05, 3.63) is 23.8 Å². The Morgan fingerprint density at radius 1 is 1.19 bits per heavy atom. The van der Waals surface area contributed by atoms with Crippen LogP contribution in [0.15, 0.2) is 23.1 Å². The molecule has 0 aliphatic carbocycles. The zero-order chi connectivity index (χ0) is 19.1. The highest BCUT2D eigenvalue weighted by atomic mass is 32.2. The molecule has 9 heteroatoms. The Morgan fingerprint density at radius 3 is 2.58 bits per heavy atom. The molecule has 2 aliphatic rings. The van der Waals surface area contributed by atoms with E-state index in [4.69, 9.17) is 0 Å². The molecule has 0 bridgehead atoms. The Morgan fingerprint density at radius 2 is 1.92 bits per heavy atom. The number of fused-ring (bicyclic) bond motifs is 1. The van der Waals surface area contributed by atoms with Gasteiger partial charge < -0.3 is 14.9 Å². The number of aryl methyl sites for hydroxylation is 1. The minimum atomic E-state index is -3.97. The minimum absolute atomic E-state index is 0.0359. The van der Waals surface area contributed by atoms with Crippen LogP contribution in [0.25, 0.3) is 0 Å². The van der Waals surface area contributed by atoms with E-state index in [1.165, 1.54) is 11.8 Å². The van der Waals surface area contributed by atoms with Gasteiger partial charge in [0.1, 0.15) is 6.04 Å². The molecule has 0 unspecified atom stereocenters. The van der Waals surface area contributed by atoms with Gasteiger partial charge in [-0.05, 0) is 30.5 Å². The average Bonchev–Trinajstić information content (AvgIpc) is 2.61. The Kier molecular flexibility index (Phi) is 4.94. The number of sulfonamides is 1. The molecule has 1 saturated heterocycles. The zero-order valence-corrected chi connectivity index (χ0v) is 15.7. The predicted molar refractivity (Wildman–Crippen MR) is 95.6 cm³/mol. The highest BCUT2D eigenvalue weighted by Gasteiger charge is 2.41. The van der Waals surface area contributed by atoms with E-state index in [0.29, 0.717) is 0 Å². The van der Waals surface area contributed by atoms with Gasteiger partial charge in [0.15, 0.2) is 0 Å². The van der Waals surface area contributed by atoms with Crippen molar-refractivity contribution in [1.82, 2.24) is 9.21 Å². The second-order valence-electron chi connectivity index (χ2n) is 6.75. The third-order valence-electron chi connectivity index (χ3n) is 5.08. The maximum absolute atomic E-state index is 13.1. The lowest BCUT2D eigenvalue weighted by Crippen LogP contribution is -2.58. The van der Waals surface area contributed by atoms with Crippen molar-refractivity contribution >= 4 is 27.6 Å². The number of carbonyl (C=O) groups excluding carboxylic acids is 1. The molecule has 1 N–H and O–H groups in total. The van der Waals surface area contributed by atoms with Crippen LogP contribution in [-0.4, -0.2) is 73.9 Å². The van der Waals surface area contributed by atoms with Crippen LogP contribution in [0.1, 0.15) is 18.9 Å². The van der Waals surface area contributed by atoms with Crippen LogP contribution in [-0.2, 0) is 26.0 Å². The summed E-state index contributed by atoms with van der Waals surface area (Å²) in [7, 11) is -2.06. The first-order valence-electron chi connectivity index (χ1n) is 8.56. The molecule has 0 radical (unpaired) electrons. The van der Waals surface area contributed by atoms with E-state index < -0.39 is 22.0 Å². The third kappa shape index (κ3) is 3.28. The van der Waals surface area contributed by atoms with E-state index in [2.05, 4.69) is 0 Å². The normalized spacial score (nSPS) is 21.4. The van der Waals surface area contributed by atoms with Gasteiger partial charge in [0.25, 0.3) is 0 Å². The molecule has 1 aromatic carbocycles. The standard InChI is InChI=1S/C17H23N3O5S/c1-12(21)19-8-9-20(16(11-19)17(22)23)26(24,25)14-6-5-13-4-3-7-18(2)15(13)10-14/h5-6,10,16H,3-4,7-9,11H2,1-2H3,(H,22,23)/t16-/m1/s1. The summed E-state index contributed by atoms with van der Waals surface area (Å²) in [6.07, 6.45) is 1.92. The fraction of sp³-hybridized carbons (Fsp3) is 0.529. The van der Waals surface area contributed by atoms with Crippen molar-refractivity contribution in [3.63, 3.8) is 0 Å². The van der Waals surface area contributed by atoms with Crippen molar-refractivity contribution in [2.24, 2.45) is 0 Å². The van der Waals surface area contributed by atoms with Crippen LogP contribution in [0, 0.1) is 0 Å². The molecule has 0 aromatic heterocycles. The second-order valence-corrected chi connectivity index (χ2v) is 8.64. The van der Waals surface area contributed by atoms with Gasteiger partial charge in [-0.1, -0.05) is 6.07 Å². The fourth-order valence-electron chi connectivity index (χ4n) is 3.57. The van der Waals surface area contributed by atoms with Gasteiger partial charge in [0.05, 0.1) is 4.90 Å². The summed E-state index contributed by atoms with van der Waals surface area (Å²) in [4.78, 5) is 26.7. The molecule has 142 valence electrons. The van der Waals surface area contributed by atoms with E-state index in [1.807, 2.05) is 11.9 Å². The van der Waals surface area contributed by atoms with Gasteiger partial charge in [-0.15, -0.1) is 0 Å². The molecule has 1 atom stereocenters. The molecule has 2 aliphatic heterocycles. The SMILES string of the molecule is CC(=O)N1CCN(S(=O)(=O)c2ccc3c(c2)N(C)CCC3)[C@@H](C(=O)O)C1. The number of carboxylic acid groups (broad SMARTS) is 1. The van der Waals surface area contributed by atoms with Crippen LogP contribution in [0.3, 0.4) is 0 Å². The lowest BCUT2D eigenvalue weighted by molar-refractivity contribution is -0.145. The van der Waals surface area contributed by atoms with Crippen LogP contribution in [0.5, 0.6) is 0 Å². The van der Waals surface area contributed by atoms with Gasteiger partial charge in [0, 0.05) is 45.8 Å². The number of aliphatic carboxylic acids is 1. The lowest BCUT2D eigenvalue weighted by atomic mass is 10.0. The summed E-state index contributed by atoms with van der Waals surface area (Å²) in [6.45, 7) is 2.21. The van der Waals surface area contributed by atoms with Crippen molar-refractivity contribution in [2.45, 2.75) is 30.7 Å². The van der Waals surface area contributed by atoms with Gasteiger partial charge in [-0.3, -0.25) is 9.59 Å². The first kappa shape index (κ1) is 18.7. The van der Waals surface area contributed by atoms with Crippen LogP contribution >= 0.6 is 0 Å². The molecule has 3 rings (SSSR count). The molecule has 0 spiro atoms. The van der Waals surface area contributed by atoms with E-state index in [1.54, 1.807) is 18.2 Å². The Hall–Kier alpha value is -2.13. The van der Waals surface area contributed by atoms with Gasteiger partial charge in [-0.2, -0.15) is 4.31 Å². The predicted octanol–water partition coefficient (Wildman–Crippen LogP) is 0.375. The molecule has 26 heavy (non-hydrogen) atoms. The van der Waals surface area contributed by atoms with Crippen molar-refractivity contribution in [1.29, 1.82) is 0 Å². The third-order valence-corrected chi connectivity index (χ3v) is 6.98. The maximum Gasteiger partial charge on any atom is 0.323 e. The van der Waals surface area contributed by atoms with E-state index >= 15 is 0 Å². The monoisotopic (exact) mass is 381 g/mol. The number of hydrogen-bond donors (Lipinski definition) is 1. The van der Waals surface area contributed by atoms with Crippen molar-refractivity contribution < 1.29 is 23.1 Å². The van der Waals surface area contributed by atoms with Crippen molar-refractivity contribution in [3.8, 4) is 0 Å². The topological polar surface area (TPSA) is 98.2 Å². The van der Waals surface area contributed by atoms with Gasteiger partial charge in [0.2, 0.25) is 15.9 Å². The molecule has 2 heterocycles. The highest BCUT2D eigenvalue weighted by Crippen LogP contribution is 2.31. The van der Waals surface area contributed by atoms with Crippen LogP contribution in [0.4, 0.5) is 5.69 Å². The number of hydrogen-bond acceptors (Lipinski definition) is 5. The van der Waals surface area contributed by atoms with E-state index in [-0.39, 0.29) is 30.4 Å². The lowest BCUT2D eigenvalue weighted by Gasteiger charge is -2.38. The van der Waals surface area contributed by atoms with Gasteiger partial charge in [-0.25, -0.2) is 8.42 Å². The smallest absolute Gasteiger partial charge is 0.323 e. The van der Waals surface area contributed by atoms with E-state index in [0.717, 1.165) is 34.9 Å². The average molecular weight is 381 g/mol. The number of nitrogens with zero attached hydrogens (tertiary/aromatic N) is 3. The maximum atomic E-state index is 13.1. The summed E-state index contributed by atoms with van der Waals surface area (Å²) in [6, 6.07) is 3.69. The number of piperazine rings is 1. The number of anilines is 1. The van der Waals surface area contributed by atoms with Crippen LogP contribution < -0.4 is 4.90 Å². The quantitative estimate of drug-likeness (QED) is 0.813. The Balaban J connectivity index is 1.95. The number of carbonyl (C=O) groups is 2. The molecular formula is C17H23N3O5S. The summed E-state index contributed by atoms with van der Waals surface area (Å²) in [5, 5.41) is 9.50.